The van der Waals surface area contributed by atoms with Gasteiger partial charge in [0.1, 0.15) is 24.1 Å². The number of carbonyl (C=O) groups is 2. The van der Waals surface area contributed by atoms with E-state index < -0.39 is 24.7 Å². The van der Waals surface area contributed by atoms with Gasteiger partial charge in [-0.05, 0) is 23.6 Å². The number of alkyl halides is 3. The summed E-state index contributed by atoms with van der Waals surface area (Å²) >= 11 is 0. The number of rotatable bonds is 5. The molecule has 0 unspecified atom stereocenters. The molecule has 0 aromatic carbocycles. The number of carbonyl (C=O) groups excluding carboxylic acids is 2. The first-order chi connectivity index (χ1) is 16.9. The van der Waals surface area contributed by atoms with E-state index in [1.165, 1.54) is 11.1 Å². The van der Waals surface area contributed by atoms with Gasteiger partial charge >= 0.3 is 6.18 Å². The van der Waals surface area contributed by atoms with Crippen LogP contribution in [0.4, 0.5) is 19.0 Å². The van der Waals surface area contributed by atoms with Crippen LogP contribution in [0, 0.1) is 5.41 Å². The van der Waals surface area contributed by atoms with E-state index in [4.69, 9.17) is 0 Å². The van der Waals surface area contributed by atoms with Gasteiger partial charge in [0.05, 0.1) is 6.54 Å². The largest absolute Gasteiger partial charge is 0.405 e. The fraction of sp³-hybridized carbons (Fsp3) is 0.458. The second-order valence-corrected chi connectivity index (χ2v) is 9.96. The molecule has 3 aromatic heterocycles. The number of aromatic nitrogens is 4. The monoisotopic (exact) mass is 503 g/mol. The first-order valence-corrected chi connectivity index (χ1v) is 11.6. The third-order valence-corrected chi connectivity index (χ3v) is 5.81. The number of nitrogens with one attached hydrogen (secondary N) is 2. The van der Waals surface area contributed by atoms with Crippen LogP contribution >= 0.6 is 0 Å². The number of amides is 2. The summed E-state index contributed by atoms with van der Waals surface area (Å²) in [6.45, 7) is 4.82. The van der Waals surface area contributed by atoms with Gasteiger partial charge in [-0.1, -0.05) is 20.8 Å². The molecular formula is C24H28F3N7O2. The minimum absolute atomic E-state index is 0.0467. The highest BCUT2D eigenvalue weighted by molar-refractivity contribution is 5.92. The van der Waals surface area contributed by atoms with Gasteiger partial charge in [0.25, 0.3) is 0 Å². The molecule has 1 aliphatic rings. The molecule has 0 bridgehead atoms. The van der Waals surface area contributed by atoms with E-state index in [-0.39, 0.29) is 30.8 Å². The van der Waals surface area contributed by atoms with Crippen LogP contribution in [0.2, 0.25) is 0 Å². The molecule has 2 amide bonds. The van der Waals surface area contributed by atoms with Crippen molar-refractivity contribution in [3.63, 3.8) is 0 Å². The molecule has 0 spiro atoms. The van der Waals surface area contributed by atoms with Gasteiger partial charge in [0.2, 0.25) is 11.8 Å². The van der Waals surface area contributed by atoms with Crippen molar-refractivity contribution in [1.82, 2.24) is 30.2 Å². The van der Waals surface area contributed by atoms with Crippen LogP contribution in [0.5, 0.6) is 0 Å². The number of halogens is 3. The maximum absolute atomic E-state index is 12.9. The Balaban J connectivity index is 1.62. The number of aromatic amines is 1. The van der Waals surface area contributed by atoms with Crippen LogP contribution in [-0.4, -0.2) is 75.0 Å². The molecule has 3 aromatic rings. The van der Waals surface area contributed by atoms with Crippen LogP contribution in [0.25, 0.3) is 22.4 Å². The molecular weight excluding hydrogens is 475 g/mol. The van der Waals surface area contributed by atoms with Crippen molar-refractivity contribution in [2.75, 3.05) is 31.1 Å². The highest BCUT2D eigenvalue weighted by Crippen LogP contribution is 2.28. The minimum Gasteiger partial charge on any atom is -0.345 e. The normalized spacial score (nSPS) is 16.9. The van der Waals surface area contributed by atoms with E-state index in [1.807, 2.05) is 32.2 Å². The van der Waals surface area contributed by atoms with E-state index in [0.717, 1.165) is 5.39 Å². The van der Waals surface area contributed by atoms with E-state index in [9.17, 15) is 22.8 Å². The van der Waals surface area contributed by atoms with Crippen molar-refractivity contribution in [1.29, 1.82) is 0 Å². The Bertz CT molecular complexity index is 1250. The van der Waals surface area contributed by atoms with Crippen molar-refractivity contribution in [2.24, 2.45) is 5.41 Å². The third kappa shape index (κ3) is 5.92. The van der Waals surface area contributed by atoms with Crippen LogP contribution in [-0.2, 0) is 9.59 Å². The molecule has 1 fully saturated rings. The number of H-pyrrole nitrogens is 1. The Morgan fingerprint density at radius 1 is 1.14 bits per heavy atom. The molecule has 1 saturated heterocycles. The smallest absolute Gasteiger partial charge is 0.345 e. The van der Waals surface area contributed by atoms with Crippen molar-refractivity contribution < 1.29 is 22.8 Å². The van der Waals surface area contributed by atoms with Gasteiger partial charge in [-0.25, -0.2) is 15.0 Å². The summed E-state index contributed by atoms with van der Waals surface area (Å²) in [5.41, 5.74) is 1.10. The standard InChI is InChI=1S/C24H28F3N7O2/c1-23(2,3)11-19(35)33-9-10-34(17(13-33)22(36)31-14-24(25,26)27)18-6-8-29-21(32-18)16-12-30-20-15(16)5-4-7-28-20/h4-8,12,17H,9-11,13-14H2,1-3H3,(H,28,30)(H,31,36)/t17-/m1/s1. The van der Waals surface area contributed by atoms with E-state index in [1.54, 1.807) is 29.4 Å². The quantitative estimate of drug-likeness (QED) is 0.554. The second kappa shape index (κ2) is 9.75. The maximum Gasteiger partial charge on any atom is 0.405 e. The predicted molar refractivity (Wildman–Crippen MR) is 128 cm³/mol. The van der Waals surface area contributed by atoms with Crippen LogP contribution < -0.4 is 10.2 Å². The number of hydrogen-bond donors (Lipinski definition) is 2. The molecule has 36 heavy (non-hydrogen) atoms. The average molecular weight is 504 g/mol. The molecule has 0 radical (unpaired) electrons. The minimum atomic E-state index is -4.55. The maximum atomic E-state index is 12.9. The van der Waals surface area contributed by atoms with Gasteiger partial charge in [0, 0.05) is 49.1 Å². The SMILES string of the molecule is CC(C)(C)CC(=O)N1CCN(c2ccnc(-c3c[nH]c4ncccc34)n2)[C@@H](C(=O)NCC(F)(F)F)C1. The first kappa shape index (κ1) is 25.4. The van der Waals surface area contributed by atoms with Crippen molar-refractivity contribution in [3.8, 4) is 11.4 Å². The molecule has 1 aliphatic heterocycles. The molecule has 12 heteroatoms. The number of piperazine rings is 1. The number of nitrogens with zero attached hydrogens (tertiary/aromatic N) is 5. The molecule has 0 aliphatic carbocycles. The Morgan fingerprint density at radius 2 is 1.92 bits per heavy atom. The van der Waals surface area contributed by atoms with Crippen molar-refractivity contribution in [3.05, 3.63) is 36.8 Å². The van der Waals surface area contributed by atoms with Crippen LogP contribution in [0.3, 0.4) is 0 Å². The van der Waals surface area contributed by atoms with Crippen LogP contribution in [0.1, 0.15) is 27.2 Å². The Hall–Kier alpha value is -3.70. The van der Waals surface area contributed by atoms with Gasteiger partial charge in [-0.15, -0.1) is 0 Å². The summed E-state index contributed by atoms with van der Waals surface area (Å²) in [6.07, 6.45) is 0.630. The summed E-state index contributed by atoms with van der Waals surface area (Å²) < 4.78 is 38.4. The first-order valence-electron chi connectivity index (χ1n) is 11.6. The van der Waals surface area contributed by atoms with Gasteiger partial charge in [0.15, 0.2) is 5.82 Å². The lowest BCUT2D eigenvalue weighted by molar-refractivity contribution is -0.141. The Kier molecular flexibility index (Phi) is 6.87. The Morgan fingerprint density at radius 3 is 2.64 bits per heavy atom. The summed E-state index contributed by atoms with van der Waals surface area (Å²) in [5, 5.41) is 2.78. The summed E-state index contributed by atoms with van der Waals surface area (Å²) in [5.74, 6) is -0.205. The van der Waals surface area contributed by atoms with Crippen molar-refractivity contribution in [2.45, 2.75) is 39.4 Å². The number of anilines is 1. The van der Waals surface area contributed by atoms with Crippen LogP contribution in [0.15, 0.2) is 36.8 Å². The topological polar surface area (TPSA) is 107 Å². The second-order valence-electron chi connectivity index (χ2n) is 9.96. The zero-order chi connectivity index (χ0) is 26.1. The van der Waals surface area contributed by atoms with Gasteiger partial charge < -0.3 is 20.1 Å². The molecule has 0 saturated carbocycles. The number of fused-ring (bicyclic) bond motifs is 1. The average Bonchev–Trinajstić information content (AvgIpc) is 3.25. The van der Waals surface area contributed by atoms with Gasteiger partial charge in [-0.3, -0.25) is 9.59 Å². The van der Waals surface area contributed by atoms with E-state index in [0.29, 0.717) is 29.4 Å². The molecule has 4 rings (SSSR count). The molecule has 9 nitrogen and oxygen atoms in total. The highest BCUT2D eigenvalue weighted by atomic mass is 19.4. The summed E-state index contributed by atoms with van der Waals surface area (Å²) in [7, 11) is 0. The van der Waals surface area contributed by atoms with Gasteiger partial charge in [-0.2, -0.15) is 13.2 Å². The number of hydrogen-bond acceptors (Lipinski definition) is 6. The fourth-order valence-electron chi connectivity index (χ4n) is 4.16. The molecule has 4 heterocycles. The lowest BCUT2D eigenvalue weighted by Gasteiger charge is -2.41. The zero-order valence-electron chi connectivity index (χ0n) is 20.3. The van der Waals surface area contributed by atoms with E-state index >= 15 is 0 Å². The fourth-order valence-corrected chi connectivity index (χ4v) is 4.16. The molecule has 2 N–H and O–H groups in total. The Labute approximate surface area is 206 Å². The van der Waals surface area contributed by atoms with Crippen molar-refractivity contribution >= 4 is 28.7 Å². The summed E-state index contributed by atoms with van der Waals surface area (Å²) in [6, 6.07) is 4.22. The molecule has 192 valence electrons. The van der Waals surface area contributed by atoms with E-state index in [2.05, 4.69) is 19.9 Å². The lowest BCUT2D eigenvalue weighted by Crippen LogP contribution is -2.61. The third-order valence-electron chi connectivity index (χ3n) is 5.81. The number of pyridine rings is 1. The molecule has 1 atom stereocenters. The lowest BCUT2D eigenvalue weighted by atomic mass is 9.91. The summed E-state index contributed by atoms with van der Waals surface area (Å²) in [4.78, 5) is 45.2. The highest BCUT2D eigenvalue weighted by Gasteiger charge is 2.38. The zero-order valence-corrected chi connectivity index (χ0v) is 20.3. The predicted octanol–water partition coefficient (Wildman–Crippen LogP) is 3.15.